The first-order valence-electron chi connectivity index (χ1n) is 5.68. The molecule has 0 fully saturated rings. The van der Waals surface area contributed by atoms with Crippen molar-refractivity contribution in [1.82, 2.24) is 4.90 Å². The number of Topliss-reactive ketones (excluding diaryl/α,β-unsaturated/α-hetero) is 1. The Morgan fingerprint density at radius 3 is 2.41 bits per heavy atom. The minimum absolute atomic E-state index is 0.0815. The number of hydrogen-bond acceptors (Lipinski definition) is 3. The van der Waals surface area contributed by atoms with Crippen LogP contribution in [0.5, 0.6) is 0 Å². The molecule has 0 unspecified atom stereocenters. The molecule has 1 rings (SSSR count). The minimum Gasteiger partial charge on any atom is -0.395 e. The van der Waals surface area contributed by atoms with Gasteiger partial charge in [-0.25, -0.2) is 0 Å². The molecule has 1 N–H and O–H groups in total. The molecule has 0 saturated carbocycles. The summed E-state index contributed by atoms with van der Waals surface area (Å²) in [5, 5.41) is 8.95. The molecular weight excluding hydrogens is 329 g/mol. The molecule has 0 amide bonds. The van der Waals surface area contributed by atoms with Crippen LogP contribution >= 0.6 is 22.6 Å². The standard InChI is InChI=1S/C13H18INO2/c1-10(2)15(7-8-16)9-13(17)11-3-5-12(14)6-4-11/h3-6,10,16H,7-9H2,1-2H3. The molecule has 0 spiro atoms. The van der Waals surface area contributed by atoms with E-state index in [0.29, 0.717) is 13.1 Å². The lowest BCUT2D eigenvalue weighted by Gasteiger charge is -2.24. The van der Waals surface area contributed by atoms with Crippen LogP contribution in [0.3, 0.4) is 0 Å². The second kappa shape index (κ2) is 7.08. The van der Waals surface area contributed by atoms with Crippen molar-refractivity contribution in [3.63, 3.8) is 0 Å². The van der Waals surface area contributed by atoms with Crippen molar-refractivity contribution in [2.75, 3.05) is 19.7 Å². The third-order valence-electron chi connectivity index (χ3n) is 2.63. The number of benzene rings is 1. The fourth-order valence-corrected chi connectivity index (χ4v) is 1.92. The van der Waals surface area contributed by atoms with Crippen LogP contribution in [-0.2, 0) is 0 Å². The van der Waals surface area contributed by atoms with Crippen LogP contribution in [0.1, 0.15) is 24.2 Å². The topological polar surface area (TPSA) is 40.5 Å². The maximum absolute atomic E-state index is 12.0. The Bertz CT molecular complexity index is 362. The average molecular weight is 347 g/mol. The van der Waals surface area contributed by atoms with Crippen LogP contribution in [0.15, 0.2) is 24.3 Å². The molecule has 4 heteroatoms. The largest absolute Gasteiger partial charge is 0.395 e. The maximum atomic E-state index is 12.0. The summed E-state index contributed by atoms with van der Waals surface area (Å²) in [5.41, 5.74) is 0.731. The molecule has 1 aromatic carbocycles. The molecule has 0 aliphatic carbocycles. The van der Waals surface area contributed by atoms with E-state index in [4.69, 9.17) is 5.11 Å². The van der Waals surface area contributed by atoms with Crippen molar-refractivity contribution in [1.29, 1.82) is 0 Å². The van der Waals surface area contributed by atoms with Gasteiger partial charge in [-0.15, -0.1) is 0 Å². The zero-order valence-electron chi connectivity index (χ0n) is 10.2. The number of aliphatic hydroxyl groups excluding tert-OH is 1. The van der Waals surface area contributed by atoms with Gasteiger partial charge in [0.2, 0.25) is 0 Å². The second-order valence-electron chi connectivity index (χ2n) is 4.22. The summed E-state index contributed by atoms with van der Waals surface area (Å²) in [6, 6.07) is 7.82. The number of ketones is 1. The van der Waals surface area contributed by atoms with Gasteiger partial charge in [0.05, 0.1) is 13.2 Å². The first kappa shape index (κ1) is 14.6. The van der Waals surface area contributed by atoms with Crippen molar-refractivity contribution in [3.05, 3.63) is 33.4 Å². The zero-order valence-corrected chi connectivity index (χ0v) is 12.3. The molecule has 0 atom stereocenters. The van der Waals surface area contributed by atoms with E-state index in [9.17, 15) is 4.79 Å². The highest BCUT2D eigenvalue weighted by molar-refractivity contribution is 14.1. The molecule has 3 nitrogen and oxygen atoms in total. The van der Waals surface area contributed by atoms with Crippen molar-refractivity contribution >= 4 is 28.4 Å². The molecule has 0 aromatic heterocycles. The lowest BCUT2D eigenvalue weighted by Crippen LogP contribution is -2.37. The van der Waals surface area contributed by atoms with Crippen LogP contribution in [-0.4, -0.2) is 41.5 Å². The number of hydrogen-bond donors (Lipinski definition) is 1. The third kappa shape index (κ3) is 4.73. The van der Waals surface area contributed by atoms with Crippen molar-refractivity contribution < 1.29 is 9.90 Å². The van der Waals surface area contributed by atoms with Gasteiger partial charge in [-0.05, 0) is 48.6 Å². The summed E-state index contributed by atoms with van der Waals surface area (Å²) in [6.07, 6.45) is 0. The number of nitrogens with zero attached hydrogens (tertiary/aromatic N) is 1. The van der Waals surface area contributed by atoms with Gasteiger partial charge in [0.15, 0.2) is 5.78 Å². The Morgan fingerprint density at radius 1 is 1.35 bits per heavy atom. The van der Waals surface area contributed by atoms with Gasteiger partial charge >= 0.3 is 0 Å². The summed E-state index contributed by atoms with van der Waals surface area (Å²) < 4.78 is 1.12. The van der Waals surface area contributed by atoms with E-state index in [1.807, 2.05) is 43.0 Å². The quantitative estimate of drug-likeness (QED) is 0.634. The molecule has 94 valence electrons. The van der Waals surface area contributed by atoms with Gasteiger partial charge in [-0.2, -0.15) is 0 Å². The van der Waals surface area contributed by atoms with E-state index < -0.39 is 0 Å². The smallest absolute Gasteiger partial charge is 0.176 e. The van der Waals surface area contributed by atoms with Crippen LogP contribution < -0.4 is 0 Å². The molecule has 0 heterocycles. The Hall–Kier alpha value is -0.460. The maximum Gasteiger partial charge on any atom is 0.176 e. The van der Waals surface area contributed by atoms with E-state index in [1.54, 1.807) is 0 Å². The highest BCUT2D eigenvalue weighted by Crippen LogP contribution is 2.09. The Morgan fingerprint density at radius 2 is 1.94 bits per heavy atom. The highest BCUT2D eigenvalue weighted by atomic mass is 127. The molecule has 17 heavy (non-hydrogen) atoms. The summed E-state index contributed by atoms with van der Waals surface area (Å²) >= 11 is 2.21. The SMILES string of the molecule is CC(C)N(CCO)CC(=O)c1ccc(I)cc1. The third-order valence-corrected chi connectivity index (χ3v) is 3.35. The number of halogens is 1. The number of rotatable bonds is 6. The first-order chi connectivity index (χ1) is 8.04. The fraction of sp³-hybridized carbons (Fsp3) is 0.462. The normalized spacial score (nSPS) is 11.2. The molecular formula is C13H18INO2. The molecule has 0 radical (unpaired) electrons. The summed E-state index contributed by atoms with van der Waals surface area (Å²) in [5.74, 6) is 0.101. The summed E-state index contributed by atoms with van der Waals surface area (Å²) in [6.45, 7) is 5.03. The highest BCUT2D eigenvalue weighted by Gasteiger charge is 2.14. The predicted octanol–water partition coefficient (Wildman–Crippen LogP) is 2.18. The van der Waals surface area contributed by atoms with Crippen LogP contribution in [0.25, 0.3) is 0 Å². The van der Waals surface area contributed by atoms with Gasteiger partial charge in [0.1, 0.15) is 0 Å². The van der Waals surface area contributed by atoms with E-state index in [1.165, 1.54) is 0 Å². The lowest BCUT2D eigenvalue weighted by atomic mass is 10.1. The Labute approximate surface area is 116 Å². The predicted molar refractivity (Wildman–Crippen MR) is 77.3 cm³/mol. The van der Waals surface area contributed by atoms with E-state index in [0.717, 1.165) is 9.13 Å². The van der Waals surface area contributed by atoms with Gasteiger partial charge in [-0.1, -0.05) is 12.1 Å². The van der Waals surface area contributed by atoms with E-state index in [2.05, 4.69) is 22.6 Å². The summed E-state index contributed by atoms with van der Waals surface area (Å²) in [4.78, 5) is 14.0. The van der Waals surface area contributed by atoms with Crippen molar-refractivity contribution in [2.45, 2.75) is 19.9 Å². The zero-order chi connectivity index (χ0) is 12.8. The monoisotopic (exact) mass is 347 g/mol. The number of carbonyl (C=O) groups excluding carboxylic acids is 1. The minimum atomic E-state index is 0.0815. The Kier molecular flexibility index (Phi) is 6.08. The van der Waals surface area contributed by atoms with Crippen LogP contribution in [0, 0.1) is 3.57 Å². The first-order valence-corrected chi connectivity index (χ1v) is 6.76. The van der Waals surface area contributed by atoms with Crippen LogP contribution in [0.2, 0.25) is 0 Å². The van der Waals surface area contributed by atoms with Gasteiger partial charge in [0.25, 0.3) is 0 Å². The fourth-order valence-electron chi connectivity index (χ4n) is 1.56. The van der Waals surface area contributed by atoms with Gasteiger partial charge in [-0.3, -0.25) is 9.69 Å². The second-order valence-corrected chi connectivity index (χ2v) is 5.46. The van der Waals surface area contributed by atoms with E-state index >= 15 is 0 Å². The molecule has 0 aliphatic rings. The van der Waals surface area contributed by atoms with E-state index in [-0.39, 0.29) is 18.4 Å². The number of carbonyl (C=O) groups is 1. The van der Waals surface area contributed by atoms with Gasteiger partial charge in [0, 0.05) is 21.7 Å². The number of aliphatic hydroxyl groups is 1. The average Bonchev–Trinajstić information content (AvgIpc) is 2.29. The lowest BCUT2D eigenvalue weighted by molar-refractivity contribution is 0.0881. The van der Waals surface area contributed by atoms with Crippen molar-refractivity contribution in [2.24, 2.45) is 0 Å². The molecule has 0 bridgehead atoms. The molecule has 0 saturated heterocycles. The van der Waals surface area contributed by atoms with Crippen molar-refractivity contribution in [3.8, 4) is 0 Å². The Balaban J connectivity index is 2.66. The molecule has 0 aliphatic heterocycles. The van der Waals surface area contributed by atoms with Gasteiger partial charge < -0.3 is 5.11 Å². The molecule has 1 aromatic rings. The summed E-state index contributed by atoms with van der Waals surface area (Å²) in [7, 11) is 0. The van der Waals surface area contributed by atoms with Crippen LogP contribution in [0.4, 0.5) is 0 Å².